The normalized spacial score (nSPS) is 10.1. The first-order valence-electron chi connectivity index (χ1n) is 4.04. The molecule has 0 heterocycles. The quantitative estimate of drug-likeness (QED) is 0.679. The second-order valence-corrected chi connectivity index (χ2v) is 2.82. The van der Waals surface area contributed by atoms with Gasteiger partial charge in [0.15, 0.2) is 5.78 Å². The Morgan fingerprint density at radius 3 is 2.00 bits per heavy atom. The lowest BCUT2D eigenvalue weighted by atomic mass is 9.99. The van der Waals surface area contributed by atoms with Gasteiger partial charge in [-0.1, -0.05) is 18.2 Å². The van der Waals surface area contributed by atoms with E-state index in [9.17, 15) is 4.79 Å². The molecule has 1 aromatic rings. The maximum absolute atomic E-state index is 11.2. The molecule has 0 radical (unpaired) electrons. The Balaban J connectivity index is 3.29. The van der Waals surface area contributed by atoms with Gasteiger partial charge in [-0.3, -0.25) is 4.79 Å². The Labute approximate surface area is 76.6 Å². The van der Waals surface area contributed by atoms with E-state index in [2.05, 4.69) is 0 Å². The highest BCUT2D eigenvalue weighted by Gasteiger charge is 2.10. The van der Waals surface area contributed by atoms with E-state index in [0.717, 1.165) is 0 Å². The van der Waals surface area contributed by atoms with Gasteiger partial charge in [-0.25, -0.2) is 0 Å². The van der Waals surface area contributed by atoms with Gasteiger partial charge in [0.2, 0.25) is 0 Å². The third-order valence-corrected chi connectivity index (χ3v) is 1.93. The Kier molecular flexibility index (Phi) is 3.17. The molecule has 13 heavy (non-hydrogen) atoms. The van der Waals surface area contributed by atoms with Gasteiger partial charge in [-0.15, -0.1) is 0 Å². The first kappa shape index (κ1) is 9.89. The molecule has 0 amide bonds. The monoisotopic (exact) mass is 180 g/mol. The highest BCUT2D eigenvalue weighted by atomic mass is 16.3. The fraction of sp³-hybridized carbons (Fsp3) is 0.300. The molecule has 70 valence electrons. The Morgan fingerprint density at radius 1 is 1.23 bits per heavy atom. The molecule has 0 fully saturated rings. The maximum atomic E-state index is 11.2. The minimum Gasteiger partial charge on any atom is -0.392 e. The lowest BCUT2D eigenvalue weighted by Crippen LogP contribution is -2.04. The lowest BCUT2D eigenvalue weighted by Gasteiger charge is -2.08. The van der Waals surface area contributed by atoms with Gasteiger partial charge in [0, 0.05) is 5.56 Å². The zero-order chi connectivity index (χ0) is 9.84. The topological polar surface area (TPSA) is 57.5 Å². The third kappa shape index (κ3) is 1.94. The average molecular weight is 180 g/mol. The molecule has 0 spiro atoms. The van der Waals surface area contributed by atoms with Crippen LogP contribution in [-0.4, -0.2) is 16.0 Å². The summed E-state index contributed by atoms with van der Waals surface area (Å²) in [6, 6.07) is 5.06. The minimum atomic E-state index is -0.178. The van der Waals surface area contributed by atoms with Crippen LogP contribution in [0, 0.1) is 0 Å². The summed E-state index contributed by atoms with van der Waals surface area (Å²) in [5.74, 6) is -0.131. The zero-order valence-electron chi connectivity index (χ0n) is 7.45. The van der Waals surface area contributed by atoms with Crippen molar-refractivity contribution in [3.8, 4) is 0 Å². The minimum absolute atomic E-state index is 0.131. The van der Waals surface area contributed by atoms with Crippen LogP contribution in [0.2, 0.25) is 0 Å². The second-order valence-electron chi connectivity index (χ2n) is 2.82. The number of aliphatic hydroxyl groups is 2. The summed E-state index contributed by atoms with van der Waals surface area (Å²) < 4.78 is 0. The molecule has 0 aliphatic rings. The number of carbonyl (C=O) groups is 1. The van der Waals surface area contributed by atoms with Gasteiger partial charge >= 0.3 is 0 Å². The fourth-order valence-corrected chi connectivity index (χ4v) is 1.37. The maximum Gasteiger partial charge on any atom is 0.160 e. The van der Waals surface area contributed by atoms with Crippen LogP contribution in [0.15, 0.2) is 18.2 Å². The summed E-state index contributed by atoms with van der Waals surface area (Å²) in [5.41, 5.74) is 1.57. The smallest absolute Gasteiger partial charge is 0.160 e. The molecule has 1 rings (SSSR count). The van der Waals surface area contributed by atoms with E-state index in [4.69, 9.17) is 10.2 Å². The molecule has 0 aromatic heterocycles. The van der Waals surface area contributed by atoms with Crippen molar-refractivity contribution in [3.05, 3.63) is 34.9 Å². The summed E-state index contributed by atoms with van der Waals surface area (Å²) in [4.78, 5) is 11.2. The molecule has 0 aliphatic carbocycles. The third-order valence-electron chi connectivity index (χ3n) is 1.93. The number of rotatable bonds is 3. The van der Waals surface area contributed by atoms with E-state index in [1.54, 1.807) is 18.2 Å². The largest absolute Gasteiger partial charge is 0.392 e. The predicted octanol–water partition coefficient (Wildman–Crippen LogP) is 0.874. The van der Waals surface area contributed by atoms with Gasteiger partial charge in [0.05, 0.1) is 13.2 Å². The molecule has 0 saturated carbocycles. The van der Waals surface area contributed by atoms with Crippen molar-refractivity contribution in [3.63, 3.8) is 0 Å². The molecule has 0 atom stereocenters. The van der Waals surface area contributed by atoms with Crippen molar-refractivity contribution >= 4 is 5.78 Å². The molecular weight excluding hydrogens is 168 g/mol. The average Bonchev–Trinajstić information content (AvgIpc) is 2.16. The molecular formula is C10H12O3. The van der Waals surface area contributed by atoms with Crippen LogP contribution in [-0.2, 0) is 13.2 Å². The number of Topliss-reactive ketones (excluding diaryl/α,β-unsaturated/α-hetero) is 1. The first-order valence-corrected chi connectivity index (χ1v) is 4.04. The Hall–Kier alpha value is -1.19. The summed E-state index contributed by atoms with van der Waals surface area (Å²) in [5, 5.41) is 17.9. The van der Waals surface area contributed by atoms with Crippen LogP contribution in [0.4, 0.5) is 0 Å². The molecule has 3 heteroatoms. The summed E-state index contributed by atoms with van der Waals surface area (Å²) >= 11 is 0. The lowest BCUT2D eigenvalue weighted by molar-refractivity contribution is 0.101. The summed E-state index contributed by atoms with van der Waals surface area (Å²) in [7, 11) is 0. The van der Waals surface area contributed by atoms with Gasteiger partial charge < -0.3 is 10.2 Å². The van der Waals surface area contributed by atoms with Gasteiger partial charge in [0.1, 0.15) is 0 Å². The van der Waals surface area contributed by atoms with Crippen LogP contribution >= 0.6 is 0 Å². The van der Waals surface area contributed by atoms with Crippen molar-refractivity contribution in [1.82, 2.24) is 0 Å². The zero-order valence-corrected chi connectivity index (χ0v) is 7.45. The van der Waals surface area contributed by atoms with Gasteiger partial charge in [-0.2, -0.15) is 0 Å². The molecule has 0 saturated heterocycles. The van der Waals surface area contributed by atoms with Crippen molar-refractivity contribution in [2.75, 3.05) is 0 Å². The Bertz CT molecular complexity index is 296. The van der Waals surface area contributed by atoms with E-state index in [1.165, 1.54) is 6.92 Å². The van der Waals surface area contributed by atoms with E-state index < -0.39 is 0 Å². The Morgan fingerprint density at radius 2 is 1.69 bits per heavy atom. The highest BCUT2D eigenvalue weighted by molar-refractivity contribution is 5.97. The van der Waals surface area contributed by atoms with Crippen molar-refractivity contribution < 1.29 is 15.0 Å². The molecule has 2 N–H and O–H groups in total. The SMILES string of the molecule is CC(=O)c1c(CO)cccc1CO. The van der Waals surface area contributed by atoms with E-state index in [1.807, 2.05) is 0 Å². The molecule has 0 bridgehead atoms. The van der Waals surface area contributed by atoms with Crippen LogP contribution in [0.25, 0.3) is 0 Å². The number of aliphatic hydroxyl groups excluding tert-OH is 2. The van der Waals surface area contributed by atoms with E-state index >= 15 is 0 Å². The number of ketones is 1. The number of benzene rings is 1. The first-order chi connectivity index (χ1) is 6.20. The fourth-order valence-electron chi connectivity index (χ4n) is 1.37. The van der Waals surface area contributed by atoms with Crippen LogP contribution in [0.1, 0.15) is 28.4 Å². The highest BCUT2D eigenvalue weighted by Crippen LogP contribution is 2.15. The predicted molar refractivity (Wildman–Crippen MR) is 48.3 cm³/mol. The van der Waals surface area contributed by atoms with Crippen molar-refractivity contribution in [2.24, 2.45) is 0 Å². The van der Waals surface area contributed by atoms with Gasteiger partial charge in [-0.05, 0) is 18.1 Å². The molecule has 0 unspecified atom stereocenters. The second kappa shape index (κ2) is 4.16. The summed E-state index contributed by atoms with van der Waals surface area (Å²) in [6.07, 6.45) is 0. The number of carbonyl (C=O) groups excluding carboxylic acids is 1. The standard InChI is InChI=1S/C10H12O3/c1-7(13)10-8(5-11)3-2-4-9(10)6-12/h2-4,11-12H,5-6H2,1H3. The molecule has 0 aliphatic heterocycles. The molecule has 1 aromatic carbocycles. The summed E-state index contributed by atoms with van der Waals surface area (Å²) in [6.45, 7) is 1.07. The van der Waals surface area contributed by atoms with Crippen LogP contribution in [0.3, 0.4) is 0 Å². The van der Waals surface area contributed by atoms with Crippen molar-refractivity contribution in [2.45, 2.75) is 20.1 Å². The van der Waals surface area contributed by atoms with Crippen LogP contribution in [0.5, 0.6) is 0 Å². The van der Waals surface area contributed by atoms with Crippen molar-refractivity contribution in [1.29, 1.82) is 0 Å². The number of hydrogen-bond acceptors (Lipinski definition) is 3. The molecule has 3 nitrogen and oxygen atoms in total. The van der Waals surface area contributed by atoms with E-state index in [-0.39, 0.29) is 19.0 Å². The van der Waals surface area contributed by atoms with E-state index in [0.29, 0.717) is 16.7 Å². The van der Waals surface area contributed by atoms with Gasteiger partial charge in [0.25, 0.3) is 0 Å². The van der Waals surface area contributed by atoms with Crippen LogP contribution < -0.4 is 0 Å². The number of hydrogen-bond donors (Lipinski definition) is 2.